The maximum absolute atomic E-state index is 11.3. The van der Waals surface area contributed by atoms with E-state index in [4.69, 9.17) is 0 Å². The summed E-state index contributed by atoms with van der Waals surface area (Å²) in [5, 5.41) is 12.4. The number of benzene rings is 2. The van der Waals surface area contributed by atoms with Crippen LogP contribution >= 0.6 is 22.6 Å². The SMILES string of the molecule is O=C(O)[C@H](Cc1ccc(I)cc1)NCc1ccccc1. The van der Waals surface area contributed by atoms with Gasteiger partial charge in [0.25, 0.3) is 0 Å². The van der Waals surface area contributed by atoms with E-state index < -0.39 is 12.0 Å². The largest absolute Gasteiger partial charge is 0.480 e. The van der Waals surface area contributed by atoms with Gasteiger partial charge in [0.15, 0.2) is 0 Å². The van der Waals surface area contributed by atoms with Crippen LogP contribution in [0.1, 0.15) is 11.1 Å². The summed E-state index contributed by atoms with van der Waals surface area (Å²) >= 11 is 2.24. The second kappa shape index (κ2) is 7.40. The fourth-order valence-electron chi connectivity index (χ4n) is 1.94. The quantitative estimate of drug-likeness (QED) is 0.757. The summed E-state index contributed by atoms with van der Waals surface area (Å²) in [6.07, 6.45) is 0.485. The zero-order chi connectivity index (χ0) is 14.4. The second-order valence-electron chi connectivity index (χ2n) is 4.59. The summed E-state index contributed by atoms with van der Waals surface area (Å²) in [5.41, 5.74) is 2.11. The zero-order valence-electron chi connectivity index (χ0n) is 10.9. The molecule has 0 aromatic heterocycles. The summed E-state index contributed by atoms with van der Waals surface area (Å²) in [6.45, 7) is 0.558. The Morgan fingerprint density at radius 3 is 2.30 bits per heavy atom. The normalized spacial score (nSPS) is 12.1. The predicted molar refractivity (Wildman–Crippen MR) is 87.6 cm³/mol. The Labute approximate surface area is 132 Å². The smallest absolute Gasteiger partial charge is 0.321 e. The van der Waals surface area contributed by atoms with Crippen LogP contribution in [0.4, 0.5) is 0 Å². The van der Waals surface area contributed by atoms with Crippen molar-refractivity contribution in [1.82, 2.24) is 5.32 Å². The molecule has 0 aliphatic carbocycles. The summed E-state index contributed by atoms with van der Waals surface area (Å²) < 4.78 is 1.15. The Balaban J connectivity index is 1.97. The van der Waals surface area contributed by atoms with Crippen LogP contribution in [0.2, 0.25) is 0 Å². The van der Waals surface area contributed by atoms with Crippen LogP contribution in [-0.2, 0) is 17.8 Å². The molecule has 0 unspecified atom stereocenters. The highest BCUT2D eigenvalue weighted by atomic mass is 127. The second-order valence-corrected chi connectivity index (χ2v) is 5.83. The molecule has 0 saturated heterocycles. The highest BCUT2D eigenvalue weighted by Gasteiger charge is 2.17. The van der Waals surface area contributed by atoms with Crippen LogP contribution in [0.15, 0.2) is 54.6 Å². The van der Waals surface area contributed by atoms with E-state index in [9.17, 15) is 9.90 Å². The van der Waals surface area contributed by atoms with Gasteiger partial charge < -0.3 is 10.4 Å². The first-order valence-corrected chi connectivity index (χ1v) is 7.47. The summed E-state index contributed by atoms with van der Waals surface area (Å²) in [7, 11) is 0. The van der Waals surface area contributed by atoms with E-state index in [0.29, 0.717) is 13.0 Å². The van der Waals surface area contributed by atoms with Crippen molar-refractivity contribution in [2.75, 3.05) is 0 Å². The molecule has 2 rings (SSSR count). The molecule has 2 aromatic rings. The topological polar surface area (TPSA) is 49.3 Å². The molecule has 2 aromatic carbocycles. The van der Waals surface area contributed by atoms with E-state index >= 15 is 0 Å². The minimum atomic E-state index is -0.820. The van der Waals surface area contributed by atoms with E-state index in [-0.39, 0.29) is 0 Å². The Morgan fingerprint density at radius 1 is 1.05 bits per heavy atom. The van der Waals surface area contributed by atoms with Crippen molar-refractivity contribution >= 4 is 28.6 Å². The lowest BCUT2D eigenvalue weighted by atomic mass is 10.1. The maximum atomic E-state index is 11.3. The van der Waals surface area contributed by atoms with Gasteiger partial charge in [-0.25, -0.2) is 0 Å². The van der Waals surface area contributed by atoms with Crippen molar-refractivity contribution in [3.05, 3.63) is 69.3 Å². The number of aliphatic carboxylic acids is 1. The number of hydrogen-bond donors (Lipinski definition) is 2. The molecule has 1 atom stereocenters. The van der Waals surface area contributed by atoms with Gasteiger partial charge in [0.2, 0.25) is 0 Å². The van der Waals surface area contributed by atoms with Crippen molar-refractivity contribution in [2.24, 2.45) is 0 Å². The predicted octanol–water partition coefficient (Wildman–Crippen LogP) is 3.08. The highest BCUT2D eigenvalue weighted by Crippen LogP contribution is 2.09. The van der Waals surface area contributed by atoms with Crippen LogP contribution in [0.25, 0.3) is 0 Å². The molecule has 2 N–H and O–H groups in total. The van der Waals surface area contributed by atoms with Gasteiger partial charge in [-0.3, -0.25) is 4.79 Å². The Bertz CT molecular complexity index is 554. The number of carboxylic acids is 1. The van der Waals surface area contributed by atoms with Crippen LogP contribution in [0.5, 0.6) is 0 Å². The molecule has 104 valence electrons. The fraction of sp³-hybridized carbons (Fsp3) is 0.188. The third kappa shape index (κ3) is 4.61. The first-order valence-electron chi connectivity index (χ1n) is 6.40. The monoisotopic (exact) mass is 381 g/mol. The number of rotatable bonds is 6. The van der Waals surface area contributed by atoms with Gasteiger partial charge in [0, 0.05) is 10.1 Å². The molecule has 20 heavy (non-hydrogen) atoms. The van der Waals surface area contributed by atoms with E-state index in [1.54, 1.807) is 0 Å². The lowest BCUT2D eigenvalue weighted by Gasteiger charge is -2.14. The molecule has 0 aliphatic heterocycles. The molecule has 0 heterocycles. The number of halogens is 1. The molecule has 0 bridgehead atoms. The van der Waals surface area contributed by atoms with Gasteiger partial charge in [0.1, 0.15) is 6.04 Å². The molecular formula is C16H16INO2. The molecule has 0 saturated carbocycles. The zero-order valence-corrected chi connectivity index (χ0v) is 13.1. The van der Waals surface area contributed by atoms with Gasteiger partial charge in [-0.15, -0.1) is 0 Å². The summed E-state index contributed by atoms with van der Waals surface area (Å²) in [6, 6.07) is 17.2. The van der Waals surface area contributed by atoms with Crippen molar-refractivity contribution in [3.8, 4) is 0 Å². The lowest BCUT2D eigenvalue weighted by molar-refractivity contribution is -0.139. The molecule has 0 fully saturated rings. The average molecular weight is 381 g/mol. The van der Waals surface area contributed by atoms with E-state index in [1.165, 1.54) is 0 Å². The van der Waals surface area contributed by atoms with Gasteiger partial charge >= 0.3 is 5.97 Å². The van der Waals surface area contributed by atoms with Crippen LogP contribution in [0.3, 0.4) is 0 Å². The molecule has 0 radical (unpaired) electrons. The van der Waals surface area contributed by atoms with Crippen molar-refractivity contribution < 1.29 is 9.90 Å². The molecular weight excluding hydrogens is 365 g/mol. The molecule has 0 spiro atoms. The van der Waals surface area contributed by atoms with Crippen molar-refractivity contribution in [2.45, 2.75) is 19.0 Å². The third-order valence-electron chi connectivity index (χ3n) is 3.05. The van der Waals surface area contributed by atoms with Crippen LogP contribution in [0, 0.1) is 3.57 Å². The average Bonchev–Trinajstić information content (AvgIpc) is 2.46. The summed E-state index contributed by atoms with van der Waals surface area (Å²) in [4.78, 5) is 11.3. The Morgan fingerprint density at radius 2 is 1.70 bits per heavy atom. The Kier molecular flexibility index (Phi) is 5.55. The van der Waals surface area contributed by atoms with Gasteiger partial charge in [-0.05, 0) is 52.3 Å². The highest BCUT2D eigenvalue weighted by molar-refractivity contribution is 14.1. The van der Waals surface area contributed by atoms with Gasteiger partial charge in [0.05, 0.1) is 0 Å². The fourth-order valence-corrected chi connectivity index (χ4v) is 2.30. The first kappa shape index (κ1) is 15.0. The summed E-state index contributed by atoms with van der Waals surface area (Å²) in [5.74, 6) is -0.820. The molecule has 0 amide bonds. The van der Waals surface area contributed by atoms with E-state index in [1.807, 2.05) is 54.6 Å². The van der Waals surface area contributed by atoms with Gasteiger partial charge in [-0.1, -0.05) is 42.5 Å². The van der Waals surface area contributed by atoms with Crippen molar-refractivity contribution in [3.63, 3.8) is 0 Å². The van der Waals surface area contributed by atoms with Crippen LogP contribution in [-0.4, -0.2) is 17.1 Å². The number of carbonyl (C=O) groups is 1. The van der Waals surface area contributed by atoms with Crippen molar-refractivity contribution in [1.29, 1.82) is 0 Å². The van der Waals surface area contributed by atoms with E-state index in [2.05, 4.69) is 27.9 Å². The third-order valence-corrected chi connectivity index (χ3v) is 3.77. The standard InChI is InChI=1S/C16H16INO2/c17-14-8-6-12(7-9-14)10-15(16(19)20)18-11-13-4-2-1-3-5-13/h1-9,15,18H,10-11H2,(H,19,20)/t15-/m0/s1. The van der Waals surface area contributed by atoms with Gasteiger partial charge in [-0.2, -0.15) is 0 Å². The Hall–Kier alpha value is -1.40. The minimum absolute atomic E-state index is 0.485. The first-order chi connectivity index (χ1) is 9.65. The van der Waals surface area contributed by atoms with Crippen LogP contribution < -0.4 is 5.32 Å². The number of hydrogen-bond acceptors (Lipinski definition) is 2. The maximum Gasteiger partial charge on any atom is 0.321 e. The molecule has 4 heteroatoms. The molecule has 0 aliphatic rings. The lowest BCUT2D eigenvalue weighted by Crippen LogP contribution is -2.38. The van der Waals surface area contributed by atoms with E-state index in [0.717, 1.165) is 14.7 Å². The number of nitrogens with one attached hydrogen (secondary N) is 1. The minimum Gasteiger partial charge on any atom is -0.480 e. The molecule has 3 nitrogen and oxygen atoms in total. The number of carboxylic acid groups (broad SMARTS) is 1.